The van der Waals surface area contributed by atoms with Gasteiger partial charge in [-0.05, 0) is 26.7 Å². The Morgan fingerprint density at radius 2 is 1.43 bits per heavy atom. The molecule has 0 saturated heterocycles. The van der Waals surface area contributed by atoms with Gasteiger partial charge in [-0.3, -0.25) is 4.57 Å². The lowest BCUT2D eigenvalue weighted by atomic mass is 10.2. The van der Waals surface area contributed by atoms with Crippen molar-refractivity contribution in [3.8, 4) is 0 Å². The molecule has 0 heterocycles. The molecule has 0 fully saturated rings. The van der Waals surface area contributed by atoms with Gasteiger partial charge in [-0.2, -0.15) is 0 Å². The molecule has 0 bridgehead atoms. The summed E-state index contributed by atoms with van der Waals surface area (Å²) in [5.41, 5.74) is 0. The zero-order chi connectivity index (χ0) is 15.6. The Hall–Kier alpha value is 0.0449. The number of hydrogen-bond acceptors (Lipinski definition) is 5. The lowest BCUT2D eigenvalue weighted by molar-refractivity contribution is 0.228. The molecule has 0 atom stereocenters. The highest BCUT2D eigenvalue weighted by molar-refractivity contribution is 7.71. The van der Waals surface area contributed by atoms with Crippen LogP contribution in [-0.2, 0) is 22.7 Å². The van der Waals surface area contributed by atoms with Gasteiger partial charge in [0.25, 0.3) is 0 Å². The summed E-state index contributed by atoms with van der Waals surface area (Å²) in [6.07, 6.45) is 4.15. The van der Waals surface area contributed by atoms with Gasteiger partial charge >= 0.3 is 7.60 Å². The third kappa shape index (κ3) is 5.31. The molecule has 0 saturated carbocycles. The molecule has 5 nitrogen and oxygen atoms in total. The first-order valence-corrected chi connectivity index (χ1v) is 9.23. The molecule has 0 aliphatic heterocycles. The number of rotatable bonds is 12. The zero-order valence-electron chi connectivity index (χ0n) is 13.4. The molecular formula is C13H26BO5P2. The van der Waals surface area contributed by atoms with Crippen molar-refractivity contribution in [2.45, 2.75) is 31.6 Å². The average Bonchev–Trinajstić information content (AvgIpc) is 2.45. The molecule has 0 amide bonds. The molecule has 0 rings (SSSR count). The van der Waals surface area contributed by atoms with Crippen molar-refractivity contribution >= 4 is 24.4 Å². The van der Waals surface area contributed by atoms with Crippen molar-refractivity contribution in [2.75, 3.05) is 27.4 Å². The minimum Gasteiger partial charge on any atom is -0.334 e. The smallest absolute Gasteiger partial charge is 0.334 e. The Bertz CT molecular complexity index is 327. The molecule has 3 radical (unpaired) electrons. The number of allylic oxidation sites excluding steroid dienone is 2. The maximum atomic E-state index is 13.1. The summed E-state index contributed by atoms with van der Waals surface area (Å²) in [7, 11) is -2.17. The van der Waals surface area contributed by atoms with Crippen LogP contribution in [0.4, 0.5) is 0 Å². The van der Waals surface area contributed by atoms with Crippen LogP contribution in [0.2, 0.25) is 0 Å². The topological polar surface area (TPSA) is 54.0 Å². The van der Waals surface area contributed by atoms with Crippen molar-refractivity contribution in [2.24, 2.45) is 0 Å². The molecule has 0 aromatic heterocycles. The van der Waals surface area contributed by atoms with E-state index in [1.54, 1.807) is 12.2 Å². The maximum absolute atomic E-state index is 13.1. The standard InChI is InChI=1S/C13H26O5P2.B/c1-7-11-13(12-8-2,20(14,15-5)16-6)19(17-9-3)18-10-4;/h7-8H,1-2,9-12H2,3-6H3;. The highest BCUT2D eigenvalue weighted by atomic mass is 31.2. The van der Waals surface area contributed by atoms with E-state index in [-0.39, 0.29) is 8.41 Å². The first-order valence-electron chi connectivity index (χ1n) is 6.51. The summed E-state index contributed by atoms with van der Waals surface area (Å²) < 4.78 is 34.9. The second kappa shape index (κ2) is 11.6. The minimum absolute atomic E-state index is 0. The minimum atomic E-state index is -3.43. The van der Waals surface area contributed by atoms with Gasteiger partial charge in [-0.15, -0.1) is 13.2 Å². The Morgan fingerprint density at radius 3 is 1.67 bits per heavy atom. The van der Waals surface area contributed by atoms with Crippen molar-refractivity contribution in [1.29, 1.82) is 0 Å². The van der Waals surface area contributed by atoms with Crippen molar-refractivity contribution in [3.63, 3.8) is 0 Å². The molecule has 8 heteroatoms. The van der Waals surface area contributed by atoms with E-state index in [1.807, 2.05) is 13.8 Å². The van der Waals surface area contributed by atoms with Crippen molar-refractivity contribution in [1.82, 2.24) is 0 Å². The quantitative estimate of drug-likeness (QED) is 0.302. The molecule has 0 spiro atoms. The van der Waals surface area contributed by atoms with E-state index in [9.17, 15) is 4.57 Å². The van der Waals surface area contributed by atoms with Crippen LogP contribution in [0.25, 0.3) is 0 Å². The van der Waals surface area contributed by atoms with Crippen LogP contribution >= 0.6 is 16.0 Å². The van der Waals surface area contributed by atoms with Crippen LogP contribution in [-0.4, -0.2) is 40.7 Å². The molecule has 121 valence electrons. The normalized spacial score (nSPS) is 12.0. The summed E-state index contributed by atoms with van der Waals surface area (Å²) in [5, 5.41) is 0. The van der Waals surface area contributed by atoms with Gasteiger partial charge in [-0.25, -0.2) is 0 Å². The fourth-order valence-electron chi connectivity index (χ4n) is 1.94. The number of hydrogen-bond donors (Lipinski definition) is 0. The monoisotopic (exact) mass is 335 g/mol. The van der Waals surface area contributed by atoms with Crippen LogP contribution < -0.4 is 0 Å². The summed E-state index contributed by atoms with van der Waals surface area (Å²) >= 11 is 0. The lowest BCUT2D eigenvalue weighted by Crippen LogP contribution is -2.29. The second-order valence-corrected chi connectivity index (χ2v) is 8.74. The van der Waals surface area contributed by atoms with E-state index in [1.165, 1.54) is 14.2 Å². The van der Waals surface area contributed by atoms with Gasteiger partial charge in [0.2, 0.25) is 0 Å². The Morgan fingerprint density at radius 1 is 1.05 bits per heavy atom. The van der Waals surface area contributed by atoms with Gasteiger partial charge in [0.15, 0.2) is 8.38 Å². The van der Waals surface area contributed by atoms with Crippen LogP contribution in [0.1, 0.15) is 26.7 Å². The highest BCUT2D eigenvalue weighted by Crippen LogP contribution is 2.76. The predicted octanol–water partition coefficient (Wildman–Crippen LogP) is 4.32. The summed E-state index contributed by atoms with van der Waals surface area (Å²) in [4.78, 5) is -0.929. The van der Waals surface area contributed by atoms with E-state index in [0.29, 0.717) is 26.1 Å². The predicted molar refractivity (Wildman–Crippen MR) is 89.9 cm³/mol. The van der Waals surface area contributed by atoms with E-state index in [4.69, 9.17) is 18.1 Å². The summed E-state index contributed by atoms with van der Waals surface area (Å²) in [5.74, 6) is 0. The Kier molecular flexibility index (Phi) is 12.9. The second-order valence-electron chi connectivity index (χ2n) is 3.92. The Labute approximate surface area is 132 Å². The van der Waals surface area contributed by atoms with E-state index in [0.717, 1.165) is 0 Å². The first kappa shape index (κ1) is 23.3. The Balaban J connectivity index is 0. The summed E-state index contributed by atoms with van der Waals surface area (Å²) in [6, 6.07) is 0. The van der Waals surface area contributed by atoms with Crippen molar-refractivity contribution < 1.29 is 22.7 Å². The van der Waals surface area contributed by atoms with E-state index in [2.05, 4.69) is 13.2 Å². The van der Waals surface area contributed by atoms with Gasteiger partial charge in [0.05, 0.1) is 13.2 Å². The SMILES string of the molecule is C=CCC(CC=C)(P(OCC)OCC)P(=O)(OC)OC.[B]. The summed E-state index contributed by atoms with van der Waals surface area (Å²) in [6.45, 7) is 12.1. The highest BCUT2D eigenvalue weighted by Gasteiger charge is 2.56. The molecule has 0 aliphatic rings. The van der Waals surface area contributed by atoms with Gasteiger partial charge in [0, 0.05) is 22.6 Å². The third-order valence-corrected chi connectivity index (χ3v) is 8.37. The van der Waals surface area contributed by atoms with Gasteiger partial charge < -0.3 is 18.1 Å². The van der Waals surface area contributed by atoms with E-state index >= 15 is 0 Å². The molecule has 0 unspecified atom stereocenters. The molecule has 0 aliphatic carbocycles. The van der Waals surface area contributed by atoms with Gasteiger partial charge in [0.1, 0.15) is 4.90 Å². The lowest BCUT2D eigenvalue weighted by Gasteiger charge is -2.40. The largest absolute Gasteiger partial charge is 0.345 e. The first-order chi connectivity index (χ1) is 9.51. The average molecular weight is 335 g/mol. The van der Waals surface area contributed by atoms with E-state index < -0.39 is 20.9 Å². The van der Waals surface area contributed by atoms with Crippen molar-refractivity contribution in [3.05, 3.63) is 25.3 Å². The molecule has 0 N–H and O–H groups in total. The van der Waals surface area contributed by atoms with Crippen LogP contribution in [0.3, 0.4) is 0 Å². The third-order valence-electron chi connectivity index (χ3n) is 2.77. The molecular weight excluding hydrogens is 309 g/mol. The molecule has 21 heavy (non-hydrogen) atoms. The molecule has 0 aromatic carbocycles. The maximum Gasteiger partial charge on any atom is 0.345 e. The zero-order valence-corrected chi connectivity index (χ0v) is 15.2. The fraction of sp³-hybridized carbons (Fsp3) is 0.692. The van der Waals surface area contributed by atoms with Crippen LogP contribution in [0.15, 0.2) is 25.3 Å². The molecule has 0 aromatic rings. The van der Waals surface area contributed by atoms with Gasteiger partial charge in [-0.1, -0.05) is 12.2 Å². The fourth-order valence-corrected chi connectivity index (χ4v) is 6.70. The van der Waals surface area contributed by atoms with Crippen LogP contribution in [0, 0.1) is 0 Å². The van der Waals surface area contributed by atoms with Crippen LogP contribution in [0.5, 0.6) is 0 Å².